The van der Waals surface area contributed by atoms with Gasteiger partial charge < -0.3 is 9.47 Å². The first-order chi connectivity index (χ1) is 21.1. The first-order valence-electron chi connectivity index (χ1n) is 14.2. The standard InChI is InChI=1S/C37H28N2O4/c1-42-30-18-16-25(17-19-30)34-22-33(29-15-14-24-8-2-3-9-26(24)20-29)38-39(34)35(40)23-43-37(41)36-31-12-6-4-10-27(31)21-28-11-5-7-13-32(28)36/h2-21,34H,22-23H2,1H3/t34-/m1/s1. The second-order valence-electron chi connectivity index (χ2n) is 10.6. The fraction of sp³-hybridized carbons (Fsp3) is 0.108. The van der Waals surface area contributed by atoms with Gasteiger partial charge in [0.05, 0.1) is 24.4 Å². The Morgan fingerprint density at radius 1 is 0.744 bits per heavy atom. The number of methoxy groups -OCH3 is 1. The van der Waals surface area contributed by atoms with E-state index in [1.54, 1.807) is 7.11 Å². The Bertz CT molecular complexity index is 1990. The second kappa shape index (κ2) is 11.1. The van der Waals surface area contributed by atoms with E-state index in [0.29, 0.717) is 12.0 Å². The summed E-state index contributed by atoms with van der Waals surface area (Å²) in [6, 6.07) is 39.1. The highest BCUT2D eigenvalue weighted by molar-refractivity contribution is 6.16. The Balaban J connectivity index is 1.20. The second-order valence-corrected chi connectivity index (χ2v) is 10.6. The number of fused-ring (bicyclic) bond motifs is 3. The zero-order valence-corrected chi connectivity index (χ0v) is 23.6. The molecule has 1 aliphatic rings. The third-order valence-electron chi connectivity index (χ3n) is 8.05. The number of hydrogen-bond donors (Lipinski definition) is 0. The molecule has 0 unspecified atom stereocenters. The number of hydrogen-bond acceptors (Lipinski definition) is 5. The van der Waals surface area contributed by atoms with Gasteiger partial charge in [0.25, 0.3) is 5.91 Å². The highest BCUT2D eigenvalue weighted by atomic mass is 16.5. The van der Waals surface area contributed by atoms with E-state index in [0.717, 1.165) is 54.9 Å². The minimum absolute atomic E-state index is 0.350. The predicted octanol–water partition coefficient (Wildman–Crippen LogP) is 7.69. The summed E-state index contributed by atoms with van der Waals surface area (Å²) in [5.41, 5.74) is 3.12. The van der Waals surface area contributed by atoms with Crippen LogP contribution in [0.1, 0.15) is 33.9 Å². The van der Waals surface area contributed by atoms with Crippen molar-refractivity contribution < 1.29 is 19.1 Å². The summed E-state index contributed by atoms with van der Waals surface area (Å²) >= 11 is 0. The van der Waals surface area contributed by atoms with E-state index in [1.165, 1.54) is 5.01 Å². The number of ether oxygens (including phenoxy) is 2. The van der Waals surface area contributed by atoms with E-state index < -0.39 is 18.5 Å². The van der Waals surface area contributed by atoms with Gasteiger partial charge in [0.15, 0.2) is 6.61 Å². The van der Waals surface area contributed by atoms with Crippen molar-refractivity contribution in [2.75, 3.05) is 13.7 Å². The highest BCUT2D eigenvalue weighted by Crippen LogP contribution is 2.35. The number of rotatable bonds is 6. The average molecular weight is 565 g/mol. The molecule has 0 fully saturated rings. The maximum atomic E-state index is 13.7. The van der Waals surface area contributed by atoms with Crippen molar-refractivity contribution >= 4 is 49.9 Å². The summed E-state index contributed by atoms with van der Waals surface area (Å²) in [5, 5.41) is 11.9. The molecule has 1 atom stereocenters. The lowest BCUT2D eigenvalue weighted by Crippen LogP contribution is -2.31. The topological polar surface area (TPSA) is 68.2 Å². The Kier molecular flexibility index (Phi) is 6.79. The number of carbonyl (C=O) groups excluding carboxylic acids is 2. The largest absolute Gasteiger partial charge is 0.497 e. The summed E-state index contributed by atoms with van der Waals surface area (Å²) < 4.78 is 11.1. The van der Waals surface area contributed by atoms with Crippen molar-refractivity contribution in [1.82, 2.24) is 5.01 Å². The van der Waals surface area contributed by atoms with Crippen LogP contribution in [0.3, 0.4) is 0 Å². The number of benzene rings is 6. The number of amides is 1. The van der Waals surface area contributed by atoms with Crippen molar-refractivity contribution in [2.24, 2.45) is 5.10 Å². The van der Waals surface area contributed by atoms with Crippen LogP contribution in [0.25, 0.3) is 32.3 Å². The smallest absolute Gasteiger partial charge is 0.339 e. The van der Waals surface area contributed by atoms with Crippen LogP contribution in [0, 0.1) is 0 Å². The minimum Gasteiger partial charge on any atom is -0.497 e. The molecule has 7 rings (SSSR count). The molecule has 0 spiro atoms. The summed E-state index contributed by atoms with van der Waals surface area (Å²) in [4.78, 5) is 27.3. The molecule has 0 aliphatic carbocycles. The van der Waals surface area contributed by atoms with Gasteiger partial charge >= 0.3 is 5.97 Å². The summed E-state index contributed by atoms with van der Waals surface area (Å²) in [7, 11) is 1.62. The molecule has 0 saturated heterocycles. The molecule has 0 aromatic heterocycles. The monoisotopic (exact) mass is 564 g/mol. The van der Waals surface area contributed by atoms with Crippen LogP contribution in [-0.4, -0.2) is 36.3 Å². The Hall–Kier alpha value is -5.49. The molecule has 6 heteroatoms. The first-order valence-corrected chi connectivity index (χ1v) is 14.2. The van der Waals surface area contributed by atoms with E-state index in [4.69, 9.17) is 14.6 Å². The van der Waals surface area contributed by atoms with Crippen LogP contribution in [0.15, 0.2) is 126 Å². The fourth-order valence-corrected chi connectivity index (χ4v) is 5.87. The third kappa shape index (κ3) is 4.97. The molecule has 1 amide bonds. The maximum Gasteiger partial charge on any atom is 0.339 e. The number of nitrogens with zero attached hydrogens (tertiary/aromatic N) is 2. The van der Waals surface area contributed by atoms with Crippen molar-refractivity contribution in [1.29, 1.82) is 0 Å². The van der Waals surface area contributed by atoms with Crippen molar-refractivity contribution in [3.63, 3.8) is 0 Å². The van der Waals surface area contributed by atoms with Gasteiger partial charge in [-0.3, -0.25) is 4.79 Å². The average Bonchev–Trinajstić information content (AvgIpc) is 3.51. The Morgan fingerprint density at radius 2 is 1.37 bits per heavy atom. The van der Waals surface area contributed by atoms with E-state index in [9.17, 15) is 9.59 Å². The molecular formula is C37H28N2O4. The van der Waals surface area contributed by atoms with E-state index in [1.807, 2.05) is 91.0 Å². The van der Waals surface area contributed by atoms with Crippen LogP contribution < -0.4 is 4.74 Å². The molecule has 210 valence electrons. The molecule has 0 N–H and O–H groups in total. The maximum absolute atomic E-state index is 13.7. The summed E-state index contributed by atoms with van der Waals surface area (Å²) in [6.45, 7) is -0.433. The predicted molar refractivity (Wildman–Crippen MR) is 169 cm³/mol. The van der Waals surface area contributed by atoms with Gasteiger partial charge in [-0.2, -0.15) is 5.10 Å². The SMILES string of the molecule is COc1ccc([C@H]2CC(c3ccc4ccccc4c3)=NN2C(=O)COC(=O)c2c3ccccc3cc3ccccc23)cc1. The molecule has 1 heterocycles. The zero-order valence-electron chi connectivity index (χ0n) is 23.6. The van der Waals surface area contributed by atoms with Gasteiger partial charge in [0.1, 0.15) is 5.75 Å². The molecule has 0 radical (unpaired) electrons. The van der Waals surface area contributed by atoms with Gasteiger partial charge in [0.2, 0.25) is 0 Å². The normalized spacial score (nSPS) is 14.7. The number of carbonyl (C=O) groups is 2. The minimum atomic E-state index is -0.541. The summed E-state index contributed by atoms with van der Waals surface area (Å²) in [5.74, 6) is -0.207. The first kappa shape index (κ1) is 26.4. The molecular weight excluding hydrogens is 536 g/mol. The lowest BCUT2D eigenvalue weighted by atomic mass is 9.97. The lowest BCUT2D eigenvalue weighted by Gasteiger charge is -2.22. The molecule has 0 saturated carbocycles. The van der Waals surface area contributed by atoms with Crippen LogP contribution in [0.2, 0.25) is 0 Å². The molecule has 1 aliphatic heterocycles. The zero-order chi connectivity index (χ0) is 29.3. The van der Waals surface area contributed by atoms with Gasteiger partial charge in [-0.1, -0.05) is 97.1 Å². The van der Waals surface area contributed by atoms with Crippen LogP contribution >= 0.6 is 0 Å². The van der Waals surface area contributed by atoms with E-state index >= 15 is 0 Å². The molecule has 43 heavy (non-hydrogen) atoms. The summed E-state index contributed by atoms with van der Waals surface area (Å²) in [6.07, 6.45) is 0.526. The van der Waals surface area contributed by atoms with Crippen molar-refractivity contribution in [3.8, 4) is 5.75 Å². The third-order valence-corrected chi connectivity index (χ3v) is 8.05. The molecule has 6 nitrogen and oxygen atoms in total. The van der Waals surface area contributed by atoms with Crippen molar-refractivity contribution in [3.05, 3.63) is 138 Å². The van der Waals surface area contributed by atoms with Gasteiger partial charge in [-0.05, 0) is 67.7 Å². The lowest BCUT2D eigenvalue weighted by molar-refractivity contribution is -0.136. The van der Waals surface area contributed by atoms with Crippen molar-refractivity contribution in [2.45, 2.75) is 12.5 Å². The molecule has 6 aromatic rings. The van der Waals surface area contributed by atoms with E-state index in [2.05, 4.69) is 30.3 Å². The Morgan fingerprint density at radius 3 is 2.05 bits per heavy atom. The van der Waals surface area contributed by atoms with Gasteiger partial charge in [0, 0.05) is 6.42 Å². The highest BCUT2D eigenvalue weighted by Gasteiger charge is 2.34. The van der Waals surface area contributed by atoms with Crippen LogP contribution in [-0.2, 0) is 9.53 Å². The van der Waals surface area contributed by atoms with Crippen LogP contribution in [0.4, 0.5) is 0 Å². The fourth-order valence-electron chi connectivity index (χ4n) is 5.87. The number of hydrazone groups is 1. The molecule has 0 bridgehead atoms. The molecule has 6 aromatic carbocycles. The number of esters is 1. The van der Waals surface area contributed by atoms with Gasteiger partial charge in [-0.15, -0.1) is 0 Å². The van der Waals surface area contributed by atoms with Crippen LogP contribution in [0.5, 0.6) is 5.75 Å². The quantitative estimate of drug-likeness (QED) is 0.154. The van der Waals surface area contributed by atoms with Gasteiger partial charge in [-0.25, -0.2) is 9.80 Å². The van der Waals surface area contributed by atoms with E-state index in [-0.39, 0.29) is 6.04 Å². The Labute approximate surface area is 248 Å².